The molecule has 0 bridgehead atoms. The van der Waals surface area contributed by atoms with Crippen LogP contribution < -0.4 is 0 Å². The second-order valence-corrected chi connectivity index (χ2v) is 2.93. The number of carbonyl (C=O) groups excluding carboxylic acids is 1. The molecule has 0 fully saturated rings. The van der Waals surface area contributed by atoms with Crippen molar-refractivity contribution >= 4 is 5.78 Å². The molecule has 0 aromatic rings. The average Bonchev–Trinajstić information content (AvgIpc) is 1.64. The number of rotatable bonds is 1. The van der Waals surface area contributed by atoms with Crippen LogP contribution in [-0.4, -0.2) is 10.9 Å². The van der Waals surface area contributed by atoms with Gasteiger partial charge in [0, 0.05) is 11.5 Å². The molecule has 0 unspecified atom stereocenters. The van der Waals surface area contributed by atoms with Crippen molar-refractivity contribution in [2.75, 3.05) is 0 Å². The van der Waals surface area contributed by atoms with Crippen LogP contribution in [0.2, 0.25) is 0 Å². The maximum Gasteiger partial charge on any atom is 0.164 e. The summed E-state index contributed by atoms with van der Waals surface area (Å²) in [4.78, 5) is 10.8. The number of allylic oxidation sites excluding steroid dienone is 1. The summed E-state index contributed by atoms with van der Waals surface area (Å²) in [6.45, 7) is 5.40. The summed E-state index contributed by atoms with van der Waals surface area (Å²) in [5.74, 6) is -0.0648. The Morgan fingerprint density at radius 3 is 2.00 bits per heavy atom. The number of hydrogen-bond acceptors (Lipinski definition) is 2. The normalized spacial score (nSPS) is 12.3. The molecule has 52 valence electrons. The summed E-state index contributed by atoms with van der Waals surface area (Å²) in [6.07, 6.45) is 1.94. The van der Waals surface area contributed by atoms with Gasteiger partial charge in [-0.2, -0.15) is 0 Å². The van der Waals surface area contributed by atoms with Crippen molar-refractivity contribution in [2.45, 2.75) is 20.8 Å². The standard InChI is InChI=1S/C7H12O2/c1-7(2,3)6(9)4-5-8/h4-5,8H,1-3H3. The smallest absolute Gasteiger partial charge is 0.164 e. The van der Waals surface area contributed by atoms with Gasteiger partial charge in [-0.1, -0.05) is 20.8 Å². The Morgan fingerprint density at radius 2 is 1.89 bits per heavy atom. The maximum absolute atomic E-state index is 10.8. The molecule has 0 aromatic heterocycles. The van der Waals surface area contributed by atoms with Gasteiger partial charge in [0.25, 0.3) is 0 Å². The number of ketones is 1. The lowest BCUT2D eigenvalue weighted by Crippen LogP contribution is -2.17. The Kier molecular flexibility index (Phi) is 2.43. The molecule has 0 saturated heterocycles. The molecule has 9 heavy (non-hydrogen) atoms. The van der Waals surface area contributed by atoms with Gasteiger partial charge in [-0.05, 0) is 0 Å². The van der Waals surface area contributed by atoms with Crippen molar-refractivity contribution in [1.82, 2.24) is 0 Å². The molecule has 0 saturated carbocycles. The van der Waals surface area contributed by atoms with E-state index < -0.39 is 0 Å². The van der Waals surface area contributed by atoms with E-state index in [2.05, 4.69) is 0 Å². The molecule has 0 aliphatic carbocycles. The van der Waals surface area contributed by atoms with Gasteiger partial charge in [0.2, 0.25) is 0 Å². The number of aliphatic hydroxyl groups is 1. The highest BCUT2D eigenvalue weighted by molar-refractivity contribution is 5.93. The summed E-state index contributed by atoms with van der Waals surface area (Å²) in [7, 11) is 0. The molecule has 2 nitrogen and oxygen atoms in total. The second kappa shape index (κ2) is 2.67. The van der Waals surface area contributed by atoms with Gasteiger partial charge in [0.05, 0.1) is 6.26 Å². The van der Waals surface area contributed by atoms with Gasteiger partial charge in [0.1, 0.15) is 0 Å². The van der Waals surface area contributed by atoms with Crippen LogP contribution in [0, 0.1) is 5.41 Å². The lowest BCUT2D eigenvalue weighted by Gasteiger charge is -2.12. The molecular formula is C7H12O2. The first-order valence-electron chi connectivity index (χ1n) is 2.83. The minimum atomic E-state index is -0.376. The van der Waals surface area contributed by atoms with Crippen LogP contribution >= 0.6 is 0 Å². The maximum atomic E-state index is 10.8. The van der Waals surface area contributed by atoms with E-state index in [9.17, 15) is 4.79 Å². The van der Waals surface area contributed by atoms with E-state index in [0.29, 0.717) is 0 Å². The van der Waals surface area contributed by atoms with Crippen LogP contribution in [0.25, 0.3) is 0 Å². The Morgan fingerprint density at radius 1 is 1.44 bits per heavy atom. The fourth-order valence-corrected chi connectivity index (χ4v) is 0.318. The molecule has 0 amide bonds. The summed E-state index contributed by atoms with van der Waals surface area (Å²) < 4.78 is 0. The quantitative estimate of drug-likeness (QED) is 0.431. The van der Waals surface area contributed by atoms with E-state index in [0.717, 1.165) is 6.26 Å². The zero-order valence-electron chi connectivity index (χ0n) is 6.01. The Bertz CT molecular complexity index is 128. The van der Waals surface area contributed by atoms with Gasteiger partial charge in [-0.15, -0.1) is 0 Å². The summed E-state index contributed by atoms with van der Waals surface area (Å²) >= 11 is 0. The van der Waals surface area contributed by atoms with E-state index in [1.807, 2.05) is 0 Å². The van der Waals surface area contributed by atoms with E-state index in [-0.39, 0.29) is 11.2 Å². The molecule has 0 spiro atoms. The van der Waals surface area contributed by atoms with Gasteiger partial charge in [-0.25, -0.2) is 0 Å². The minimum absolute atomic E-state index is 0.0648. The minimum Gasteiger partial charge on any atom is -0.515 e. The topological polar surface area (TPSA) is 37.3 Å². The predicted molar refractivity (Wildman–Crippen MR) is 36.2 cm³/mol. The zero-order chi connectivity index (χ0) is 7.49. The number of hydrogen-bond donors (Lipinski definition) is 1. The fraction of sp³-hybridized carbons (Fsp3) is 0.571. The van der Waals surface area contributed by atoms with E-state index in [4.69, 9.17) is 5.11 Å². The zero-order valence-corrected chi connectivity index (χ0v) is 6.01. The van der Waals surface area contributed by atoms with Gasteiger partial charge in [0.15, 0.2) is 5.78 Å². The third kappa shape index (κ3) is 2.90. The molecule has 1 N–H and O–H groups in total. The highest BCUT2D eigenvalue weighted by Gasteiger charge is 2.17. The Labute approximate surface area is 55.2 Å². The summed E-state index contributed by atoms with van der Waals surface area (Å²) in [6, 6.07) is 0. The Hall–Kier alpha value is -0.790. The van der Waals surface area contributed by atoms with Crippen molar-refractivity contribution in [3.8, 4) is 0 Å². The molecule has 0 aromatic carbocycles. The van der Waals surface area contributed by atoms with E-state index in [1.54, 1.807) is 20.8 Å². The number of carbonyl (C=O) groups is 1. The molecule has 0 aliphatic rings. The molecular weight excluding hydrogens is 116 g/mol. The van der Waals surface area contributed by atoms with Crippen molar-refractivity contribution in [1.29, 1.82) is 0 Å². The van der Waals surface area contributed by atoms with Crippen LogP contribution in [0.4, 0.5) is 0 Å². The van der Waals surface area contributed by atoms with Gasteiger partial charge >= 0.3 is 0 Å². The molecule has 0 heterocycles. The molecule has 2 heteroatoms. The largest absolute Gasteiger partial charge is 0.515 e. The third-order valence-electron chi connectivity index (χ3n) is 0.965. The average molecular weight is 128 g/mol. The van der Waals surface area contributed by atoms with Crippen LogP contribution in [-0.2, 0) is 4.79 Å². The molecule has 0 atom stereocenters. The van der Waals surface area contributed by atoms with Crippen LogP contribution in [0.3, 0.4) is 0 Å². The molecule has 0 aliphatic heterocycles. The van der Waals surface area contributed by atoms with Crippen molar-refractivity contribution < 1.29 is 9.90 Å². The highest BCUT2D eigenvalue weighted by atomic mass is 16.2. The van der Waals surface area contributed by atoms with Gasteiger partial charge in [-0.3, -0.25) is 4.79 Å². The fourth-order valence-electron chi connectivity index (χ4n) is 0.318. The molecule has 0 radical (unpaired) electrons. The van der Waals surface area contributed by atoms with Crippen LogP contribution in [0.15, 0.2) is 12.3 Å². The first-order chi connectivity index (χ1) is 3.98. The summed E-state index contributed by atoms with van der Waals surface area (Å²) in [5.41, 5.74) is -0.376. The van der Waals surface area contributed by atoms with Crippen LogP contribution in [0.1, 0.15) is 20.8 Å². The highest BCUT2D eigenvalue weighted by Crippen LogP contribution is 2.14. The third-order valence-corrected chi connectivity index (χ3v) is 0.965. The Balaban J connectivity index is 4.06. The van der Waals surface area contributed by atoms with Crippen molar-refractivity contribution in [3.05, 3.63) is 12.3 Å². The number of aliphatic hydroxyl groups excluding tert-OH is 1. The van der Waals surface area contributed by atoms with Crippen LogP contribution in [0.5, 0.6) is 0 Å². The molecule has 0 rings (SSSR count). The lowest BCUT2D eigenvalue weighted by atomic mass is 9.91. The predicted octanol–water partition coefficient (Wildman–Crippen LogP) is 1.67. The first kappa shape index (κ1) is 8.21. The van der Waals surface area contributed by atoms with Gasteiger partial charge < -0.3 is 5.11 Å². The second-order valence-electron chi connectivity index (χ2n) is 2.93. The van der Waals surface area contributed by atoms with Crippen molar-refractivity contribution in [2.24, 2.45) is 5.41 Å². The summed E-state index contributed by atoms with van der Waals surface area (Å²) in [5, 5.41) is 8.20. The van der Waals surface area contributed by atoms with E-state index in [1.165, 1.54) is 6.08 Å². The monoisotopic (exact) mass is 128 g/mol. The SMILES string of the molecule is CC(C)(C)C(=O)C=CO. The van der Waals surface area contributed by atoms with E-state index >= 15 is 0 Å². The van der Waals surface area contributed by atoms with Crippen molar-refractivity contribution in [3.63, 3.8) is 0 Å². The first-order valence-corrected chi connectivity index (χ1v) is 2.83. The lowest BCUT2D eigenvalue weighted by molar-refractivity contribution is -0.121.